The van der Waals surface area contributed by atoms with E-state index in [1.165, 1.54) is 24.4 Å². The Labute approximate surface area is 233 Å². The van der Waals surface area contributed by atoms with E-state index in [1.807, 2.05) is 6.92 Å². The number of carbonyl (C=O) groups is 2. The summed E-state index contributed by atoms with van der Waals surface area (Å²) in [6.07, 6.45) is 4.94. The van der Waals surface area contributed by atoms with Crippen molar-refractivity contribution in [1.82, 2.24) is 30.2 Å². The van der Waals surface area contributed by atoms with Gasteiger partial charge in [-0.25, -0.2) is 13.4 Å². The number of benzene rings is 2. The topological polar surface area (TPSA) is 171 Å². The summed E-state index contributed by atoms with van der Waals surface area (Å²) in [7, 11) is -4.42. The van der Waals surface area contributed by atoms with Gasteiger partial charge in [0.2, 0.25) is 16.0 Å². The molecule has 2 heterocycles. The molecule has 0 bridgehead atoms. The predicted octanol–water partition coefficient (Wildman–Crippen LogP) is 3.45. The largest absolute Gasteiger partial charge is 0.440 e. The summed E-state index contributed by atoms with van der Waals surface area (Å²) < 4.78 is 34.4. The number of aromatic nitrogens is 4. The zero-order valence-corrected chi connectivity index (χ0v) is 22.9. The van der Waals surface area contributed by atoms with Crippen molar-refractivity contribution in [1.29, 1.82) is 0 Å². The van der Waals surface area contributed by atoms with Gasteiger partial charge in [-0.2, -0.15) is 9.82 Å². The van der Waals surface area contributed by atoms with E-state index in [0.29, 0.717) is 24.3 Å². The molecule has 0 saturated heterocycles. The minimum atomic E-state index is -4.42. The molecule has 2 atom stereocenters. The van der Waals surface area contributed by atoms with Crippen molar-refractivity contribution in [2.45, 2.75) is 36.9 Å². The molecule has 2 unspecified atom stereocenters. The number of esters is 1. The molecular formula is C24H25Cl2N7O5S. The third kappa shape index (κ3) is 7.06. The van der Waals surface area contributed by atoms with Gasteiger partial charge >= 0.3 is 5.97 Å². The van der Waals surface area contributed by atoms with Gasteiger partial charge in [0.05, 0.1) is 21.8 Å². The molecule has 0 aliphatic rings. The van der Waals surface area contributed by atoms with E-state index in [4.69, 9.17) is 27.9 Å². The van der Waals surface area contributed by atoms with Crippen molar-refractivity contribution in [2.75, 3.05) is 11.9 Å². The van der Waals surface area contributed by atoms with Crippen LogP contribution in [0.15, 0.2) is 59.9 Å². The number of H-pyrrole nitrogens is 2. The Hall–Kier alpha value is -3.65. The highest BCUT2D eigenvalue weighted by Gasteiger charge is 2.32. The highest BCUT2D eigenvalue weighted by Crippen LogP contribution is 2.29. The second-order valence-corrected chi connectivity index (χ2v) is 10.9. The Morgan fingerprint density at radius 1 is 1.15 bits per heavy atom. The van der Waals surface area contributed by atoms with E-state index in [0.717, 1.165) is 5.39 Å². The number of aromatic amines is 2. The highest BCUT2D eigenvalue weighted by atomic mass is 35.5. The molecule has 4 rings (SSSR count). The Kier molecular flexibility index (Phi) is 9.07. The molecule has 0 radical (unpaired) electrons. The summed E-state index contributed by atoms with van der Waals surface area (Å²) in [6.45, 7) is 1.46. The van der Waals surface area contributed by atoms with Gasteiger partial charge < -0.3 is 20.4 Å². The number of hydrogen-bond donors (Lipinski definition) is 5. The molecule has 0 spiro atoms. The van der Waals surface area contributed by atoms with E-state index >= 15 is 0 Å². The van der Waals surface area contributed by atoms with Gasteiger partial charge in [-0.3, -0.25) is 14.7 Å². The molecule has 0 fully saturated rings. The Bertz CT molecular complexity index is 1540. The number of ether oxygens (including phenoxy) is 1. The molecule has 15 heteroatoms. The fraction of sp³-hybridized carbons (Fsp3) is 0.250. The number of nitrogens with one attached hydrogen (secondary N) is 5. The van der Waals surface area contributed by atoms with Crippen molar-refractivity contribution in [2.24, 2.45) is 0 Å². The van der Waals surface area contributed by atoms with E-state index in [9.17, 15) is 18.0 Å². The summed E-state index contributed by atoms with van der Waals surface area (Å²) in [5.41, 5.74) is 0.915. The fourth-order valence-corrected chi connectivity index (χ4v) is 6.00. The van der Waals surface area contributed by atoms with Gasteiger partial charge in [0.25, 0.3) is 5.91 Å². The second-order valence-electron chi connectivity index (χ2n) is 8.40. The van der Waals surface area contributed by atoms with Crippen LogP contribution in [0.5, 0.6) is 0 Å². The number of sulfonamides is 1. The molecule has 0 saturated carbocycles. The molecule has 12 nitrogen and oxygen atoms in total. The van der Waals surface area contributed by atoms with Crippen LogP contribution in [0.1, 0.15) is 30.1 Å². The highest BCUT2D eigenvalue weighted by molar-refractivity contribution is 7.89. The van der Waals surface area contributed by atoms with Crippen molar-refractivity contribution in [3.63, 3.8) is 0 Å². The summed E-state index contributed by atoms with van der Waals surface area (Å²) in [6, 6.07) is 7.54. The number of halogens is 2. The minimum Gasteiger partial charge on any atom is -0.440 e. The molecular weight excluding hydrogens is 569 g/mol. The van der Waals surface area contributed by atoms with Crippen LogP contribution in [0, 0.1) is 0 Å². The number of rotatable bonds is 12. The van der Waals surface area contributed by atoms with Gasteiger partial charge in [0, 0.05) is 36.3 Å². The number of amides is 1. The predicted molar refractivity (Wildman–Crippen MR) is 146 cm³/mol. The van der Waals surface area contributed by atoms with Gasteiger partial charge in [0.15, 0.2) is 6.23 Å². The van der Waals surface area contributed by atoms with Gasteiger partial charge in [0.1, 0.15) is 10.9 Å². The van der Waals surface area contributed by atoms with E-state index in [-0.39, 0.29) is 15.6 Å². The lowest BCUT2D eigenvalue weighted by molar-refractivity contribution is -0.149. The Balaban J connectivity index is 1.55. The average Bonchev–Trinajstić information content (AvgIpc) is 3.57. The SMILES string of the molecule is CCCC(Nc1ncc[nH]1)OC(=O)C(CNC(=O)c1ccc2cn[nH]c2c1)NS(=O)(=O)c1c(Cl)cccc1Cl. The molecule has 1 amide bonds. The first-order valence-electron chi connectivity index (χ1n) is 11.8. The summed E-state index contributed by atoms with van der Waals surface area (Å²) >= 11 is 12.2. The molecule has 2 aromatic carbocycles. The zero-order chi connectivity index (χ0) is 28.0. The lowest BCUT2D eigenvalue weighted by Gasteiger charge is -2.23. The zero-order valence-electron chi connectivity index (χ0n) is 20.6. The van der Waals surface area contributed by atoms with E-state index in [1.54, 1.807) is 30.6 Å². The van der Waals surface area contributed by atoms with Crippen LogP contribution in [-0.2, 0) is 19.6 Å². The normalized spacial score (nSPS) is 13.1. The number of carbonyl (C=O) groups excluding carboxylic acids is 2. The van der Waals surface area contributed by atoms with E-state index < -0.39 is 45.6 Å². The fourth-order valence-electron chi connectivity index (χ4n) is 3.68. The number of hydrogen-bond acceptors (Lipinski definition) is 8. The molecule has 5 N–H and O–H groups in total. The molecule has 0 aliphatic carbocycles. The van der Waals surface area contributed by atoms with Crippen LogP contribution in [0.25, 0.3) is 10.9 Å². The number of anilines is 1. The Morgan fingerprint density at radius 2 is 1.92 bits per heavy atom. The molecule has 4 aromatic rings. The van der Waals surface area contributed by atoms with Crippen molar-refractivity contribution < 1.29 is 22.7 Å². The van der Waals surface area contributed by atoms with Crippen molar-refractivity contribution >= 4 is 62.0 Å². The van der Waals surface area contributed by atoms with Crippen LogP contribution < -0.4 is 15.4 Å². The molecule has 2 aromatic heterocycles. The number of fused-ring (bicyclic) bond motifs is 1. The quantitative estimate of drug-likeness (QED) is 0.123. The van der Waals surface area contributed by atoms with Gasteiger partial charge in [-0.1, -0.05) is 48.7 Å². The maximum atomic E-state index is 13.3. The van der Waals surface area contributed by atoms with Crippen molar-refractivity contribution in [3.05, 3.63) is 70.6 Å². The minimum absolute atomic E-state index is 0.137. The van der Waals surface area contributed by atoms with Crippen LogP contribution in [-0.4, -0.2) is 59.3 Å². The lowest BCUT2D eigenvalue weighted by atomic mass is 10.1. The van der Waals surface area contributed by atoms with Crippen LogP contribution in [0.4, 0.5) is 5.95 Å². The smallest absolute Gasteiger partial charge is 0.327 e. The maximum absolute atomic E-state index is 13.3. The van der Waals surface area contributed by atoms with E-state index in [2.05, 4.69) is 35.5 Å². The van der Waals surface area contributed by atoms with Crippen LogP contribution >= 0.6 is 23.2 Å². The second kappa shape index (κ2) is 12.5. The van der Waals surface area contributed by atoms with Crippen LogP contribution in [0.3, 0.4) is 0 Å². The molecule has 39 heavy (non-hydrogen) atoms. The molecule has 206 valence electrons. The third-order valence-electron chi connectivity index (χ3n) is 5.55. The Morgan fingerprint density at radius 3 is 2.62 bits per heavy atom. The first-order valence-corrected chi connectivity index (χ1v) is 14.1. The monoisotopic (exact) mass is 593 g/mol. The summed E-state index contributed by atoms with van der Waals surface area (Å²) in [4.78, 5) is 32.7. The molecule has 0 aliphatic heterocycles. The maximum Gasteiger partial charge on any atom is 0.327 e. The first-order chi connectivity index (χ1) is 18.7. The van der Waals surface area contributed by atoms with Gasteiger partial charge in [-0.05, 0) is 24.3 Å². The van der Waals surface area contributed by atoms with Crippen LogP contribution in [0.2, 0.25) is 10.0 Å². The average molecular weight is 594 g/mol. The number of imidazole rings is 1. The summed E-state index contributed by atoms with van der Waals surface area (Å²) in [5.74, 6) is -1.12. The summed E-state index contributed by atoms with van der Waals surface area (Å²) in [5, 5.41) is 12.8. The number of nitrogens with zero attached hydrogens (tertiary/aromatic N) is 2. The standard InChI is InChI=1S/C24H25Cl2N7O5S/c1-2-4-20(31-24-27-9-10-28-24)38-23(35)19(33-39(36,37)21-16(25)5-3-6-17(21)26)13-29-22(34)14-7-8-15-12-30-32-18(15)11-14/h3,5-12,19-20,33H,2,4,13H2,1H3,(H,29,34)(H,30,32)(H2,27,28,31). The lowest BCUT2D eigenvalue weighted by Crippen LogP contribution is -2.50. The third-order valence-corrected chi connectivity index (χ3v) is 7.97. The van der Waals surface area contributed by atoms with Gasteiger partial charge in [-0.15, -0.1) is 0 Å². The van der Waals surface area contributed by atoms with Crippen molar-refractivity contribution in [3.8, 4) is 0 Å². The first kappa shape index (κ1) is 28.4.